The average Bonchev–Trinajstić information content (AvgIpc) is 1.96. The fraction of sp³-hybridized carbons (Fsp3) is 0.714. The number of rotatable bonds is 5. The maximum atomic E-state index is 10.8. The second-order valence-electron chi connectivity index (χ2n) is 2.56. The molecule has 12 heavy (non-hydrogen) atoms. The van der Waals surface area contributed by atoms with Crippen molar-refractivity contribution >= 4 is 11.9 Å². The van der Waals surface area contributed by atoms with E-state index in [0.29, 0.717) is 6.42 Å². The lowest BCUT2D eigenvalue weighted by Gasteiger charge is -2.03. The van der Waals surface area contributed by atoms with E-state index < -0.39 is 12.1 Å². The number of aliphatic hydroxyl groups excluding tert-OH is 1. The lowest BCUT2D eigenvalue weighted by Crippen LogP contribution is -2.29. The van der Waals surface area contributed by atoms with Crippen LogP contribution in [0.2, 0.25) is 0 Å². The van der Waals surface area contributed by atoms with Crippen molar-refractivity contribution in [1.29, 1.82) is 0 Å². The van der Waals surface area contributed by atoms with Gasteiger partial charge in [-0.15, -0.1) is 0 Å². The second-order valence-corrected chi connectivity index (χ2v) is 2.56. The van der Waals surface area contributed by atoms with Crippen LogP contribution in [-0.2, 0) is 9.59 Å². The molecule has 0 saturated heterocycles. The molecule has 0 aliphatic heterocycles. The van der Waals surface area contributed by atoms with Crippen molar-refractivity contribution in [3.8, 4) is 0 Å². The van der Waals surface area contributed by atoms with Crippen molar-refractivity contribution in [1.82, 2.24) is 5.32 Å². The molecule has 5 nitrogen and oxygen atoms in total. The van der Waals surface area contributed by atoms with Gasteiger partial charge in [-0.25, -0.2) is 0 Å². The molecule has 0 aromatic carbocycles. The van der Waals surface area contributed by atoms with Gasteiger partial charge in [0, 0.05) is 6.42 Å². The minimum absolute atomic E-state index is 0.158. The van der Waals surface area contributed by atoms with Gasteiger partial charge in [-0.1, -0.05) is 0 Å². The topological polar surface area (TPSA) is 86.6 Å². The molecule has 0 fully saturated rings. The first-order valence-corrected chi connectivity index (χ1v) is 3.69. The van der Waals surface area contributed by atoms with E-state index in [9.17, 15) is 9.59 Å². The number of aliphatic hydroxyl groups is 1. The summed E-state index contributed by atoms with van der Waals surface area (Å²) in [5.74, 6) is -1.42. The van der Waals surface area contributed by atoms with Crippen molar-refractivity contribution in [3.05, 3.63) is 0 Å². The molecule has 0 spiro atoms. The molecule has 0 aliphatic rings. The van der Waals surface area contributed by atoms with E-state index >= 15 is 0 Å². The lowest BCUT2D eigenvalue weighted by atomic mass is 10.2. The molecule has 0 radical (unpaired) electrons. The van der Waals surface area contributed by atoms with Crippen molar-refractivity contribution in [2.24, 2.45) is 0 Å². The number of hydrogen-bond donors (Lipinski definition) is 3. The van der Waals surface area contributed by atoms with Crippen LogP contribution in [0, 0.1) is 0 Å². The van der Waals surface area contributed by atoms with Crippen LogP contribution < -0.4 is 5.32 Å². The normalized spacial score (nSPS) is 12.2. The molecule has 5 heteroatoms. The van der Waals surface area contributed by atoms with Gasteiger partial charge >= 0.3 is 5.97 Å². The highest BCUT2D eigenvalue weighted by atomic mass is 16.4. The van der Waals surface area contributed by atoms with Gasteiger partial charge in [-0.2, -0.15) is 0 Å². The van der Waals surface area contributed by atoms with Crippen molar-refractivity contribution in [3.63, 3.8) is 0 Å². The lowest BCUT2D eigenvalue weighted by molar-refractivity contribution is -0.138. The van der Waals surface area contributed by atoms with E-state index in [1.807, 2.05) is 0 Å². The highest BCUT2D eigenvalue weighted by Crippen LogP contribution is 1.94. The van der Waals surface area contributed by atoms with Crippen molar-refractivity contribution in [2.45, 2.75) is 25.9 Å². The van der Waals surface area contributed by atoms with E-state index in [1.54, 1.807) is 6.92 Å². The molecule has 0 bridgehead atoms. The molecule has 3 N–H and O–H groups in total. The smallest absolute Gasteiger partial charge is 0.322 e. The standard InChI is InChI=1S/C7H13NO4/c1-5(9)2-3-6(10)8-4-7(11)12/h5,9H,2-4H2,1H3,(H,8,10)(H,11,12). The van der Waals surface area contributed by atoms with Crippen LogP contribution >= 0.6 is 0 Å². The first-order valence-electron chi connectivity index (χ1n) is 3.69. The Morgan fingerprint density at radius 3 is 2.50 bits per heavy atom. The van der Waals surface area contributed by atoms with Crippen LogP contribution in [0.15, 0.2) is 0 Å². The molecule has 1 amide bonds. The molecular formula is C7H13NO4. The van der Waals surface area contributed by atoms with Gasteiger partial charge in [0.05, 0.1) is 6.10 Å². The number of hydrogen-bond acceptors (Lipinski definition) is 3. The van der Waals surface area contributed by atoms with Gasteiger partial charge in [-0.3, -0.25) is 9.59 Å². The largest absolute Gasteiger partial charge is 0.480 e. The quantitative estimate of drug-likeness (QED) is 0.518. The zero-order valence-electron chi connectivity index (χ0n) is 6.91. The molecule has 0 heterocycles. The number of nitrogens with one attached hydrogen (secondary N) is 1. The fourth-order valence-electron chi connectivity index (χ4n) is 0.603. The summed E-state index contributed by atoms with van der Waals surface area (Å²) in [4.78, 5) is 20.7. The van der Waals surface area contributed by atoms with Crippen LogP contribution in [-0.4, -0.2) is 34.7 Å². The van der Waals surface area contributed by atoms with Crippen LogP contribution in [0.3, 0.4) is 0 Å². The highest BCUT2D eigenvalue weighted by Gasteiger charge is 2.04. The molecule has 0 aromatic heterocycles. The Balaban J connectivity index is 3.40. The monoisotopic (exact) mass is 175 g/mol. The molecular weight excluding hydrogens is 162 g/mol. The number of carboxylic acid groups (broad SMARTS) is 1. The van der Waals surface area contributed by atoms with E-state index in [1.165, 1.54) is 0 Å². The van der Waals surface area contributed by atoms with E-state index in [2.05, 4.69) is 5.32 Å². The van der Waals surface area contributed by atoms with Gasteiger partial charge in [0.25, 0.3) is 0 Å². The summed E-state index contributed by atoms with van der Waals surface area (Å²) in [6.07, 6.45) is -0.0169. The number of aliphatic carboxylic acids is 1. The highest BCUT2D eigenvalue weighted by molar-refractivity contribution is 5.80. The molecule has 1 unspecified atom stereocenters. The third kappa shape index (κ3) is 7.01. The van der Waals surface area contributed by atoms with Crippen LogP contribution in [0.4, 0.5) is 0 Å². The van der Waals surface area contributed by atoms with Gasteiger partial charge in [-0.05, 0) is 13.3 Å². The Labute approximate surface area is 70.4 Å². The molecule has 1 atom stereocenters. The first-order chi connectivity index (χ1) is 5.52. The van der Waals surface area contributed by atoms with Crippen molar-refractivity contribution in [2.75, 3.05) is 6.54 Å². The molecule has 70 valence electrons. The van der Waals surface area contributed by atoms with Gasteiger partial charge in [0.1, 0.15) is 6.54 Å². The molecule has 0 saturated carbocycles. The summed E-state index contributed by atoms with van der Waals surface area (Å²) >= 11 is 0. The third-order valence-corrected chi connectivity index (χ3v) is 1.23. The summed E-state index contributed by atoms with van der Waals surface area (Å²) in [5, 5.41) is 19.1. The number of amides is 1. The summed E-state index contributed by atoms with van der Waals surface area (Å²) in [6.45, 7) is 1.21. The minimum Gasteiger partial charge on any atom is -0.480 e. The molecule has 0 aromatic rings. The number of carboxylic acids is 1. The Morgan fingerprint density at radius 2 is 2.08 bits per heavy atom. The van der Waals surface area contributed by atoms with Gasteiger partial charge in [0.15, 0.2) is 0 Å². The molecule has 0 aliphatic carbocycles. The predicted octanol–water partition coefficient (Wildman–Crippen LogP) is -0.652. The third-order valence-electron chi connectivity index (χ3n) is 1.23. The summed E-state index contributed by atoms with van der Waals surface area (Å²) < 4.78 is 0. The van der Waals surface area contributed by atoms with Crippen LogP contribution in [0.1, 0.15) is 19.8 Å². The maximum Gasteiger partial charge on any atom is 0.322 e. The van der Waals surface area contributed by atoms with Crippen LogP contribution in [0.25, 0.3) is 0 Å². The van der Waals surface area contributed by atoms with Gasteiger partial charge < -0.3 is 15.5 Å². The second kappa shape index (κ2) is 5.54. The predicted molar refractivity (Wildman–Crippen MR) is 41.6 cm³/mol. The van der Waals surface area contributed by atoms with Crippen LogP contribution in [0.5, 0.6) is 0 Å². The Kier molecular flexibility index (Phi) is 5.03. The van der Waals surface area contributed by atoms with Crippen molar-refractivity contribution < 1.29 is 19.8 Å². The van der Waals surface area contributed by atoms with E-state index in [4.69, 9.17) is 10.2 Å². The zero-order chi connectivity index (χ0) is 9.56. The summed E-state index contributed by atoms with van der Waals surface area (Å²) in [6, 6.07) is 0. The van der Waals surface area contributed by atoms with E-state index in [0.717, 1.165) is 0 Å². The Hall–Kier alpha value is -1.10. The number of carbonyl (C=O) groups excluding carboxylic acids is 1. The summed E-state index contributed by atoms with van der Waals surface area (Å²) in [5.41, 5.74) is 0. The maximum absolute atomic E-state index is 10.8. The molecule has 0 rings (SSSR count). The Morgan fingerprint density at radius 1 is 1.50 bits per heavy atom. The number of carbonyl (C=O) groups is 2. The SMILES string of the molecule is CC(O)CCC(=O)NCC(=O)O. The summed E-state index contributed by atoms with van der Waals surface area (Å²) in [7, 11) is 0. The zero-order valence-corrected chi connectivity index (χ0v) is 6.91. The fourth-order valence-corrected chi connectivity index (χ4v) is 0.603. The average molecular weight is 175 g/mol. The van der Waals surface area contributed by atoms with Gasteiger partial charge in [0.2, 0.25) is 5.91 Å². The minimum atomic E-state index is -1.07. The first kappa shape index (κ1) is 10.9. The van der Waals surface area contributed by atoms with E-state index in [-0.39, 0.29) is 18.9 Å². The Bertz CT molecular complexity index is 167.